The van der Waals surface area contributed by atoms with Gasteiger partial charge in [0.25, 0.3) is 0 Å². The largest absolute Gasteiger partial charge is 0.493 e. The van der Waals surface area contributed by atoms with Crippen molar-refractivity contribution in [3.05, 3.63) is 78.1 Å². The third-order valence-electron chi connectivity index (χ3n) is 4.96. The van der Waals surface area contributed by atoms with Crippen molar-refractivity contribution in [3.63, 3.8) is 0 Å². The van der Waals surface area contributed by atoms with Crippen molar-refractivity contribution in [2.75, 3.05) is 17.6 Å². The first-order valence-corrected chi connectivity index (χ1v) is 11.2. The van der Waals surface area contributed by atoms with Gasteiger partial charge in [-0.05, 0) is 36.2 Å². The maximum Gasteiger partial charge on any atom is 0.229 e. The molecule has 0 bridgehead atoms. The summed E-state index contributed by atoms with van der Waals surface area (Å²) in [6.07, 6.45) is 2.84. The molecule has 2 heterocycles. The highest BCUT2D eigenvalue weighted by atomic mass is 32.2. The Bertz CT molecular complexity index is 1120. The van der Waals surface area contributed by atoms with Crippen LogP contribution in [-0.4, -0.2) is 31.4 Å². The van der Waals surface area contributed by atoms with E-state index in [1.807, 2.05) is 48.5 Å². The standard InChI is InChI=1S/C22H22N2O4S/c1-29(26,27)24-20-8-3-2-7-18(20)15-9-10-19-21(13-15)28-14-16(22(19)25)12-17-6-4-5-11-23-17/h2-11,13,16,22,24-25H,12,14H2,1H3/t16-,22-/m1/s1. The second-order valence-electron chi connectivity index (χ2n) is 7.21. The van der Waals surface area contributed by atoms with Crippen molar-refractivity contribution in [3.8, 4) is 16.9 Å². The van der Waals surface area contributed by atoms with Crippen LogP contribution in [0.3, 0.4) is 0 Å². The fraction of sp³-hybridized carbons (Fsp3) is 0.227. The Balaban J connectivity index is 1.61. The van der Waals surface area contributed by atoms with Crippen LogP contribution in [0, 0.1) is 5.92 Å². The molecule has 0 spiro atoms. The molecular formula is C22H22N2O4S. The Labute approximate surface area is 170 Å². The minimum atomic E-state index is -3.40. The van der Waals surface area contributed by atoms with Crippen LogP contribution in [0.5, 0.6) is 5.75 Å². The van der Waals surface area contributed by atoms with Crippen LogP contribution in [0.25, 0.3) is 11.1 Å². The second-order valence-corrected chi connectivity index (χ2v) is 8.96. The first-order chi connectivity index (χ1) is 13.9. The summed E-state index contributed by atoms with van der Waals surface area (Å²) < 4.78 is 31.8. The highest BCUT2D eigenvalue weighted by molar-refractivity contribution is 7.92. The van der Waals surface area contributed by atoms with E-state index in [0.717, 1.165) is 28.6 Å². The van der Waals surface area contributed by atoms with Crippen molar-refractivity contribution < 1.29 is 18.3 Å². The van der Waals surface area contributed by atoms with Gasteiger partial charge in [-0.15, -0.1) is 0 Å². The number of nitrogens with zero attached hydrogens (tertiary/aromatic N) is 1. The van der Waals surface area contributed by atoms with Crippen LogP contribution in [0.1, 0.15) is 17.4 Å². The molecule has 0 saturated heterocycles. The Kier molecular flexibility index (Phi) is 5.25. The summed E-state index contributed by atoms with van der Waals surface area (Å²) in [5, 5.41) is 10.9. The predicted octanol–water partition coefficient (Wildman–Crippen LogP) is 3.40. The first kappa shape index (κ1) is 19.4. The quantitative estimate of drug-likeness (QED) is 0.673. The van der Waals surface area contributed by atoms with Crippen molar-refractivity contribution in [2.45, 2.75) is 12.5 Å². The number of aliphatic hydroxyl groups excluding tert-OH is 1. The summed E-state index contributed by atoms with van der Waals surface area (Å²) in [4.78, 5) is 4.33. The van der Waals surface area contributed by atoms with E-state index in [1.54, 1.807) is 18.3 Å². The normalized spacial score (nSPS) is 18.6. The summed E-state index contributed by atoms with van der Waals surface area (Å²) in [5.74, 6) is 0.531. The molecule has 0 saturated carbocycles. The Hall–Kier alpha value is -2.90. The van der Waals surface area contributed by atoms with Gasteiger partial charge in [-0.1, -0.05) is 36.4 Å². The van der Waals surface area contributed by atoms with Gasteiger partial charge < -0.3 is 9.84 Å². The van der Waals surface area contributed by atoms with Gasteiger partial charge in [0, 0.05) is 28.9 Å². The fourth-order valence-corrected chi connectivity index (χ4v) is 4.17. The lowest BCUT2D eigenvalue weighted by molar-refractivity contribution is 0.0503. The van der Waals surface area contributed by atoms with E-state index in [0.29, 0.717) is 24.5 Å². The monoisotopic (exact) mass is 410 g/mol. The number of anilines is 1. The molecule has 7 heteroatoms. The summed E-state index contributed by atoms with van der Waals surface area (Å²) in [6, 6.07) is 18.5. The number of rotatable bonds is 5. The molecule has 1 aliphatic rings. The molecule has 1 aromatic heterocycles. The number of pyridine rings is 1. The van der Waals surface area contributed by atoms with Gasteiger partial charge in [0.15, 0.2) is 0 Å². The van der Waals surface area contributed by atoms with Crippen LogP contribution in [0.4, 0.5) is 5.69 Å². The average Bonchev–Trinajstić information content (AvgIpc) is 2.70. The molecular weight excluding hydrogens is 388 g/mol. The van der Waals surface area contributed by atoms with Crippen molar-refractivity contribution in [1.82, 2.24) is 4.98 Å². The topological polar surface area (TPSA) is 88.5 Å². The predicted molar refractivity (Wildman–Crippen MR) is 112 cm³/mol. The van der Waals surface area contributed by atoms with Gasteiger partial charge in [-0.3, -0.25) is 9.71 Å². The molecule has 2 aromatic carbocycles. The molecule has 4 rings (SSSR count). The summed E-state index contributed by atoms with van der Waals surface area (Å²) in [6.45, 7) is 0.386. The molecule has 1 aliphatic heterocycles. The van der Waals surface area contributed by atoms with Gasteiger partial charge in [0.05, 0.1) is 24.7 Å². The Morgan fingerprint density at radius 1 is 1.14 bits per heavy atom. The van der Waals surface area contributed by atoms with E-state index in [-0.39, 0.29) is 5.92 Å². The summed E-state index contributed by atoms with van der Waals surface area (Å²) in [7, 11) is -3.40. The number of ether oxygens (including phenoxy) is 1. The van der Waals surface area contributed by atoms with Crippen LogP contribution in [0.15, 0.2) is 66.9 Å². The molecule has 0 aliphatic carbocycles. The molecule has 0 amide bonds. The van der Waals surface area contributed by atoms with E-state index in [9.17, 15) is 13.5 Å². The van der Waals surface area contributed by atoms with Gasteiger partial charge in [0.1, 0.15) is 5.75 Å². The highest BCUT2D eigenvalue weighted by Crippen LogP contribution is 2.40. The zero-order valence-corrected chi connectivity index (χ0v) is 16.8. The molecule has 2 N–H and O–H groups in total. The SMILES string of the molecule is CS(=O)(=O)Nc1ccccc1-c1ccc2c(c1)OC[C@@H](Cc1ccccn1)[C@H]2O. The van der Waals surface area contributed by atoms with Crippen molar-refractivity contribution in [1.29, 1.82) is 0 Å². The summed E-state index contributed by atoms with van der Waals surface area (Å²) in [5.41, 5.74) is 3.70. The maximum atomic E-state index is 11.7. The minimum absolute atomic E-state index is 0.0811. The van der Waals surface area contributed by atoms with Crippen LogP contribution < -0.4 is 9.46 Å². The molecule has 3 aromatic rings. The van der Waals surface area contributed by atoms with Crippen LogP contribution in [-0.2, 0) is 16.4 Å². The maximum absolute atomic E-state index is 11.7. The number of aliphatic hydroxyl groups is 1. The van der Waals surface area contributed by atoms with Crippen LogP contribution >= 0.6 is 0 Å². The van der Waals surface area contributed by atoms with Gasteiger partial charge >= 0.3 is 0 Å². The number of sulfonamides is 1. The first-order valence-electron chi connectivity index (χ1n) is 9.32. The molecule has 150 valence electrons. The minimum Gasteiger partial charge on any atom is -0.493 e. The Morgan fingerprint density at radius 2 is 1.93 bits per heavy atom. The van der Waals surface area contributed by atoms with Crippen molar-refractivity contribution >= 4 is 15.7 Å². The lowest BCUT2D eigenvalue weighted by atomic mass is 9.88. The van der Waals surface area contributed by atoms with E-state index in [1.165, 1.54) is 0 Å². The zero-order valence-electron chi connectivity index (χ0n) is 15.9. The number of para-hydroxylation sites is 1. The Morgan fingerprint density at radius 3 is 2.69 bits per heavy atom. The number of nitrogens with one attached hydrogen (secondary N) is 1. The number of hydrogen-bond acceptors (Lipinski definition) is 5. The molecule has 2 atom stereocenters. The third-order valence-corrected chi connectivity index (χ3v) is 5.55. The van der Waals surface area contributed by atoms with Gasteiger partial charge in [-0.25, -0.2) is 8.42 Å². The zero-order chi connectivity index (χ0) is 20.4. The molecule has 0 fully saturated rings. The molecule has 0 radical (unpaired) electrons. The third kappa shape index (κ3) is 4.41. The molecule has 6 nitrogen and oxygen atoms in total. The fourth-order valence-electron chi connectivity index (χ4n) is 3.59. The van der Waals surface area contributed by atoms with Crippen LogP contribution in [0.2, 0.25) is 0 Å². The molecule has 0 unspecified atom stereocenters. The highest BCUT2D eigenvalue weighted by Gasteiger charge is 2.30. The smallest absolute Gasteiger partial charge is 0.229 e. The number of benzene rings is 2. The molecule has 29 heavy (non-hydrogen) atoms. The number of aromatic nitrogens is 1. The van der Waals surface area contributed by atoms with E-state index in [4.69, 9.17) is 4.74 Å². The second kappa shape index (κ2) is 7.85. The van der Waals surface area contributed by atoms with Gasteiger partial charge in [0.2, 0.25) is 10.0 Å². The van der Waals surface area contributed by atoms with E-state index < -0.39 is 16.1 Å². The van der Waals surface area contributed by atoms with E-state index in [2.05, 4.69) is 9.71 Å². The number of fused-ring (bicyclic) bond motifs is 1. The lowest BCUT2D eigenvalue weighted by Crippen LogP contribution is -2.28. The van der Waals surface area contributed by atoms with E-state index >= 15 is 0 Å². The summed E-state index contributed by atoms with van der Waals surface area (Å²) >= 11 is 0. The number of hydrogen-bond donors (Lipinski definition) is 2. The average molecular weight is 410 g/mol. The van der Waals surface area contributed by atoms with Gasteiger partial charge in [-0.2, -0.15) is 0 Å². The van der Waals surface area contributed by atoms with Crippen molar-refractivity contribution in [2.24, 2.45) is 5.92 Å². The lowest BCUT2D eigenvalue weighted by Gasteiger charge is -2.30.